The van der Waals surface area contributed by atoms with Gasteiger partial charge in [0.2, 0.25) is 5.91 Å². The van der Waals surface area contributed by atoms with Crippen LogP contribution in [0.1, 0.15) is 29.3 Å². The van der Waals surface area contributed by atoms with E-state index in [9.17, 15) is 19.5 Å². The van der Waals surface area contributed by atoms with Crippen LogP contribution in [0.25, 0.3) is 11.1 Å². The molecule has 30 heavy (non-hydrogen) atoms. The van der Waals surface area contributed by atoms with Crippen LogP contribution in [0.3, 0.4) is 0 Å². The highest BCUT2D eigenvalue weighted by Gasteiger charge is 2.51. The topological polar surface area (TPSA) is 92.7 Å². The summed E-state index contributed by atoms with van der Waals surface area (Å²) in [6.45, 7) is 2.07. The predicted molar refractivity (Wildman–Crippen MR) is 114 cm³/mol. The maximum Gasteiger partial charge on any atom is 0.341 e. The zero-order valence-electron chi connectivity index (χ0n) is 16.8. The first-order chi connectivity index (χ1) is 14.4. The largest absolute Gasteiger partial charge is 0.481 e. The van der Waals surface area contributed by atoms with Gasteiger partial charge in [-0.15, -0.1) is 11.3 Å². The highest BCUT2D eigenvalue weighted by molar-refractivity contribution is 7.15. The van der Waals surface area contributed by atoms with Crippen molar-refractivity contribution in [3.8, 4) is 11.1 Å². The summed E-state index contributed by atoms with van der Waals surface area (Å²) in [4.78, 5) is 37.3. The Bertz CT molecular complexity index is 1020. The summed E-state index contributed by atoms with van der Waals surface area (Å²) >= 11 is 1.24. The normalized spacial score (nSPS) is 24.1. The van der Waals surface area contributed by atoms with Crippen LogP contribution in [-0.2, 0) is 20.7 Å². The summed E-state index contributed by atoms with van der Waals surface area (Å²) in [6.07, 6.45) is 5.43. The van der Waals surface area contributed by atoms with Gasteiger partial charge in [-0.25, -0.2) is 4.79 Å². The Labute approximate surface area is 178 Å². The van der Waals surface area contributed by atoms with E-state index in [1.807, 2.05) is 41.8 Å². The number of anilines is 1. The quantitative estimate of drug-likeness (QED) is 0.534. The van der Waals surface area contributed by atoms with Crippen molar-refractivity contribution >= 4 is 34.2 Å². The van der Waals surface area contributed by atoms with Gasteiger partial charge in [-0.3, -0.25) is 9.59 Å². The molecule has 1 saturated carbocycles. The predicted octanol–water partition coefficient (Wildman–Crippen LogP) is 4.23. The molecule has 7 heteroatoms. The summed E-state index contributed by atoms with van der Waals surface area (Å²) in [6, 6.07) is 7.90. The molecule has 0 saturated heterocycles. The molecule has 2 aromatic rings. The second-order valence-electron chi connectivity index (χ2n) is 7.72. The number of hydrogen-bond acceptors (Lipinski definition) is 5. The van der Waals surface area contributed by atoms with E-state index in [1.165, 1.54) is 24.0 Å². The molecule has 2 aliphatic rings. The highest BCUT2D eigenvalue weighted by Crippen LogP contribution is 2.49. The number of fused-ring (bicyclic) bond motifs is 2. The van der Waals surface area contributed by atoms with Crippen LogP contribution < -0.4 is 5.32 Å². The van der Waals surface area contributed by atoms with Crippen LogP contribution in [0, 0.1) is 23.7 Å². The van der Waals surface area contributed by atoms with E-state index in [2.05, 4.69) is 12.2 Å². The number of benzene rings is 1. The van der Waals surface area contributed by atoms with E-state index in [0.717, 1.165) is 12.0 Å². The molecule has 0 unspecified atom stereocenters. The first kappa shape index (κ1) is 20.3. The summed E-state index contributed by atoms with van der Waals surface area (Å²) in [5.41, 5.74) is 3.03. The second kappa shape index (κ2) is 8.07. The summed E-state index contributed by atoms with van der Waals surface area (Å²) < 4.78 is 4.97. The van der Waals surface area contributed by atoms with Gasteiger partial charge >= 0.3 is 11.9 Å². The van der Waals surface area contributed by atoms with Gasteiger partial charge in [0.05, 0.1) is 18.9 Å². The molecular formula is C23H23NO5S. The number of carboxylic acids is 1. The van der Waals surface area contributed by atoms with Gasteiger partial charge in [-0.2, -0.15) is 0 Å². The van der Waals surface area contributed by atoms with Crippen LogP contribution >= 0.6 is 11.3 Å². The number of rotatable bonds is 6. The van der Waals surface area contributed by atoms with Gasteiger partial charge in [0, 0.05) is 10.9 Å². The number of carbonyl (C=O) groups excluding carboxylic acids is 2. The minimum Gasteiger partial charge on any atom is -0.481 e. The molecule has 2 N–H and O–H groups in total. The lowest BCUT2D eigenvalue weighted by molar-refractivity contribution is -0.146. The van der Waals surface area contributed by atoms with Crippen LogP contribution in [0.5, 0.6) is 0 Å². The first-order valence-corrected chi connectivity index (χ1v) is 10.8. The molecule has 2 bridgehead atoms. The van der Waals surface area contributed by atoms with Crippen molar-refractivity contribution < 1.29 is 24.2 Å². The monoisotopic (exact) mass is 425 g/mol. The Morgan fingerprint density at radius 2 is 1.80 bits per heavy atom. The van der Waals surface area contributed by atoms with Crippen molar-refractivity contribution in [1.82, 2.24) is 0 Å². The number of thiophene rings is 1. The number of esters is 1. The lowest BCUT2D eigenvalue weighted by Crippen LogP contribution is -2.36. The Morgan fingerprint density at radius 3 is 2.40 bits per heavy atom. The van der Waals surface area contributed by atoms with Crippen LogP contribution in [0.4, 0.5) is 5.00 Å². The molecule has 4 rings (SSSR count). The number of hydrogen-bond donors (Lipinski definition) is 2. The summed E-state index contributed by atoms with van der Waals surface area (Å²) in [5.74, 6) is -3.43. The molecule has 1 amide bonds. The minimum absolute atomic E-state index is 0.0845. The van der Waals surface area contributed by atoms with Crippen molar-refractivity contribution in [3.05, 3.63) is 52.9 Å². The average molecular weight is 426 g/mol. The van der Waals surface area contributed by atoms with Crippen molar-refractivity contribution in [2.45, 2.75) is 19.8 Å². The van der Waals surface area contributed by atoms with E-state index in [-0.39, 0.29) is 17.7 Å². The van der Waals surface area contributed by atoms with E-state index >= 15 is 0 Å². The molecule has 1 aromatic carbocycles. The Balaban J connectivity index is 1.65. The minimum atomic E-state index is -0.955. The van der Waals surface area contributed by atoms with Crippen molar-refractivity contribution in [1.29, 1.82) is 0 Å². The number of allylic oxidation sites excluding steroid dienone is 2. The Kier molecular flexibility index (Phi) is 5.47. The van der Waals surface area contributed by atoms with Crippen molar-refractivity contribution in [3.63, 3.8) is 0 Å². The first-order valence-electron chi connectivity index (χ1n) is 9.95. The zero-order chi connectivity index (χ0) is 21.4. The molecule has 6 nitrogen and oxygen atoms in total. The molecule has 0 aliphatic heterocycles. The van der Waals surface area contributed by atoms with Gasteiger partial charge < -0.3 is 15.2 Å². The maximum atomic E-state index is 13.1. The molecule has 0 spiro atoms. The lowest BCUT2D eigenvalue weighted by Gasteiger charge is -2.23. The van der Waals surface area contributed by atoms with E-state index in [1.54, 1.807) is 0 Å². The fourth-order valence-electron chi connectivity index (χ4n) is 4.60. The van der Waals surface area contributed by atoms with Gasteiger partial charge in [0.1, 0.15) is 10.6 Å². The third-order valence-corrected chi connectivity index (χ3v) is 7.03. The third kappa shape index (κ3) is 3.43. The maximum absolute atomic E-state index is 13.1. The van der Waals surface area contributed by atoms with Crippen LogP contribution in [0.15, 0.2) is 41.8 Å². The zero-order valence-corrected chi connectivity index (χ0v) is 17.6. The fourth-order valence-corrected chi connectivity index (χ4v) is 5.56. The smallest absolute Gasteiger partial charge is 0.341 e. The van der Waals surface area contributed by atoms with E-state index in [4.69, 9.17) is 4.74 Å². The molecule has 156 valence electrons. The average Bonchev–Trinajstić information content (AvgIpc) is 3.47. The standard InChI is InChI=1S/C23H23NO5S/c1-3-12-4-6-13(7-5-12)16-11-30-21(19(16)23(28)29-2)24-20(25)17-14-8-9-15(10-14)18(17)22(26)27/h4-9,11,14-15,17-18H,3,10H2,1-2H3,(H,24,25)(H,26,27)/t14-,15-,17-,18-/m0/s1. The molecule has 4 atom stereocenters. The molecule has 0 radical (unpaired) electrons. The van der Waals surface area contributed by atoms with Crippen LogP contribution in [0.2, 0.25) is 0 Å². The third-order valence-electron chi connectivity index (χ3n) is 6.14. The molecule has 2 aliphatic carbocycles. The summed E-state index contributed by atoms with van der Waals surface area (Å²) in [5, 5.41) is 14.6. The van der Waals surface area contributed by atoms with Gasteiger partial charge in [-0.05, 0) is 35.8 Å². The fraction of sp³-hybridized carbons (Fsp3) is 0.348. The Morgan fingerprint density at radius 1 is 1.13 bits per heavy atom. The SMILES string of the molecule is CCc1ccc(-c2csc(NC(=O)[C@@H]3[C@@H](C(=O)O)[C@H]4C=C[C@H]3C4)c2C(=O)OC)cc1. The van der Waals surface area contributed by atoms with Crippen molar-refractivity contribution in [2.24, 2.45) is 23.7 Å². The highest BCUT2D eigenvalue weighted by atomic mass is 32.1. The van der Waals surface area contributed by atoms with E-state index < -0.39 is 23.8 Å². The molecule has 1 heterocycles. The van der Waals surface area contributed by atoms with Gasteiger partial charge in [0.25, 0.3) is 0 Å². The number of ether oxygens (including phenoxy) is 1. The van der Waals surface area contributed by atoms with Gasteiger partial charge in [0.15, 0.2) is 0 Å². The molecule has 1 aromatic heterocycles. The number of nitrogens with one attached hydrogen (secondary N) is 1. The number of carboxylic acid groups (broad SMARTS) is 1. The number of amides is 1. The van der Waals surface area contributed by atoms with Crippen molar-refractivity contribution in [2.75, 3.05) is 12.4 Å². The number of methoxy groups -OCH3 is 1. The molecular weight excluding hydrogens is 402 g/mol. The second-order valence-corrected chi connectivity index (χ2v) is 8.60. The van der Waals surface area contributed by atoms with Gasteiger partial charge in [-0.1, -0.05) is 43.3 Å². The molecule has 1 fully saturated rings. The number of aryl methyl sites for hydroxylation is 1. The summed E-state index contributed by atoms with van der Waals surface area (Å²) in [7, 11) is 1.30. The van der Waals surface area contributed by atoms with E-state index in [0.29, 0.717) is 22.5 Å². The lowest BCUT2D eigenvalue weighted by atomic mass is 9.82. The number of aliphatic carboxylic acids is 1. The number of carbonyl (C=O) groups is 3. The Hall–Kier alpha value is -2.93. The van der Waals surface area contributed by atoms with Crippen LogP contribution in [-0.4, -0.2) is 30.1 Å².